The van der Waals surface area contributed by atoms with Gasteiger partial charge in [0.05, 0.1) is 11.0 Å². The minimum absolute atomic E-state index is 1.18. The van der Waals surface area contributed by atoms with Crippen molar-refractivity contribution < 1.29 is 0 Å². The standard InChI is InChI=1S/C36H23N/c1-2-10-24(11-3-1)25-18-21-27(22-19-25)37-33-17-9-8-16-32(33)35-34-28-13-5-4-12-26(28)20-23-30(34)29-14-6-7-15-31(29)36(35)37/h1-23H. The van der Waals surface area contributed by atoms with E-state index in [0.29, 0.717) is 0 Å². The Hall–Kier alpha value is -4.88. The first-order valence-corrected chi connectivity index (χ1v) is 12.8. The smallest absolute Gasteiger partial charge is 0.0626 e. The van der Waals surface area contributed by atoms with Gasteiger partial charge in [0.1, 0.15) is 0 Å². The molecule has 8 rings (SSSR count). The van der Waals surface area contributed by atoms with Crippen LogP contribution in [0.1, 0.15) is 0 Å². The maximum atomic E-state index is 2.46. The number of aromatic nitrogens is 1. The average molecular weight is 470 g/mol. The Kier molecular flexibility index (Phi) is 4.29. The summed E-state index contributed by atoms with van der Waals surface area (Å²) in [5.74, 6) is 0. The highest BCUT2D eigenvalue weighted by atomic mass is 15.0. The molecule has 0 radical (unpaired) electrons. The predicted octanol–water partition coefficient (Wildman–Crippen LogP) is 9.91. The molecule has 0 spiro atoms. The van der Waals surface area contributed by atoms with Gasteiger partial charge in [-0.05, 0) is 50.9 Å². The molecular weight excluding hydrogens is 446 g/mol. The lowest BCUT2D eigenvalue weighted by atomic mass is 9.93. The van der Waals surface area contributed by atoms with Crippen molar-refractivity contribution in [2.45, 2.75) is 0 Å². The molecule has 0 unspecified atom stereocenters. The summed E-state index contributed by atoms with van der Waals surface area (Å²) in [5.41, 5.74) is 6.14. The van der Waals surface area contributed by atoms with E-state index in [1.807, 2.05) is 0 Å². The average Bonchev–Trinajstić information content (AvgIpc) is 3.33. The molecule has 1 aromatic heterocycles. The van der Waals surface area contributed by atoms with E-state index in [1.165, 1.54) is 70.9 Å². The molecule has 0 fully saturated rings. The molecule has 0 amide bonds. The van der Waals surface area contributed by atoms with Gasteiger partial charge in [0, 0.05) is 27.2 Å². The Morgan fingerprint density at radius 2 is 0.973 bits per heavy atom. The topological polar surface area (TPSA) is 4.93 Å². The summed E-state index contributed by atoms with van der Waals surface area (Å²) in [7, 11) is 0. The molecule has 0 bridgehead atoms. The van der Waals surface area contributed by atoms with Crippen molar-refractivity contribution in [2.24, 2.45) is 0 Å². The van der Waals surface area contributed by atoms with Crippen molar-refractivity contribution in [3.05, 3.63) is 140 Å². The molecule has 1 heteroatoms. The molecule has 0 aliphatic heterocycles. The third-order valence-electron chi connectivity index (χ3n) is 7.76. The zero-order chi connectivity index (χ0) is 24.3. The largest absolute Gasteiger partial charge is 0.309 e. The third-order valence-corrected chi connectivity index (χ3v) is 7.76. The number of fused-ring (bicyclic) bond motifs is 10. The summed E-state index contributed by atoms with van der Waals surface area (Å²) in [6.07, 6.45) is 0. The van der Waals surface area contributed by atoms with Crippen molar-refractivity contribution in [3.63, 3.8) is 0 Å². The molecule has 0 aliphatic carbocycles. The Morgan fingerprint density at radius 1 is 0.351 bits per heavy atom. The molecule has 1 heterocycles. The van der Waals surface area contributed by atoms with Crippen LogP contribution in [0.3, 0.4) is 0 Å². The van der Waals surface area contributed by atoms with Crippen LogP contribution >= 0.6 is 0 Å². The molecular formula is C36H23N. The minimum atomic E-state index is 1.18. The monoisotopic (exact) mass is 469 g/mol. The van der Waals surface area contributed by atoms with Gasteiger partial charge in [-0.2, -0.15) is 0 Å². The van der Waals surface area contributed by atoms with E-state index in [-0.39, 0.29) is 0 Å². The van der Waals surface area contributed by atoms with Gasteiger partial charge < -0.3 is 4.57 Å². The van der Waals surface area contributed by atoms with E-state index in [2.05, 4.69) is 144 Å². The van der Waals surface area contributed by atoms with E-state index < -0.39 is 0 Å². The molecule has 0 saturated carbocycles. The number of hydrogen-bond donors (Lipinski definition) is 0. The number of rotatable bonds is 2. The van der Waals surface area contributed by atoms with Crippen molar-refractivity contribution in [3.8, 4) is 16.8 Å². The highest BCUT2D eigenvalue weighted by Gasteiger charge is 2.19. The number of nitrogens with zero attached hydrogens (tertiary/aromatic N) is 1. The van der Waals surface area contributed by atoms with Crippen molar-refractivity contribution >= 4 is 54.1 Å². The number of para-hydroxylation sites is 1. The van der Waals surface area contributed by atoms with E-state index in [4.69, 9.17) is 0 Å². The second kappa shape index (κ2) is 7.81. The van der Waals surface area contributed by atoms with Crippen LogP contribution in [0, 0.1) is 0 Å². The first-order chi connectivity index (χ1) is 18.4. The lowest BCUT2D eigenvalue weighted by Gasteiger charge is -2.14. The highest BCUT2D eigenvalue weighted by molar-refractivity contribution is 6.36. The van der Waals surface area contributed by atoms with Crippen molar-refractivity contribution in [1.82, 2.24) is 4.57 Å². The summed E-state index contributed by atoms with van der Waals surface area (Å²) in [5, 5.41) is 10.4. The fraction of sp³-hybridized carbons (Fsp3) is 0. The van der Waals surface area contributed by atoms with Crippen LogP contribution < -0.4 is 0 Å². The number of benzene rings is 7. The molecule has 0 aliphatic rings. The Balaban J connectivity index is 1.57. The van der Waals surface area contributed by atoms with Crippen LogP contribution in [0.4, 0.5) is 0 Å². The van der Waals surface area contributed by atoms with Crippen LogP contribution in [-0.2, 0) is 0 Å². The Bertz CT molecular complexity index is 2110. The number of hydrogen-bond acceptors (Lipinski definition) is 0. The summed E-state index contributed by atoms with van der Waals surface area (Å²) < 4.78 is 2.46. The Labute approximate surface area is 214 Å². The molecule has 7 aromatic carbocycles. The molecule has 0 N–H and O–H groups in total. The zero-order valence-corrected chi connectivity index (χ0v) is 20.2. The Morgan fingerprint density at radius 3 is 1.78 bits per heavy atom. The highest BCUT2D eigenvalue weighted by Crippen LogP contribution is 2.44. The SMILES string of the molecule is c1ccc(-c2ccc(-n3c4ccccc4c4c5c6ccccc6ccc5c5ccccc5c43)cc2)cc1. The van der Waals surface area contributed by atoms with Gasteiger partial charge in [-0.1, -0.05) is 121 Å². The lowest BCUT2D eigenvalue weighted by molar-refractivity contribution is 1.19. The molecule has 1 nitrogen and oxygen atoms in total. The van der Waals surface area contributed by atoms with E-state index in [0.717, 1.165) is 0 Å². The lowest BCUT2D eigenvalue weighted by Crippen LogP contribution is -1.95. The summed E-state index contributed by atoms with van der Waals surface area (Å²) in [6.45, 7) is 0. The van der Waals surface area contributed by atoms with Crippen molar-refractivity contribution in [1.29, 1.82) is 0 Å². The summed E-state index contributed by atoms with van der Waals surface area (Å²) in [4.78, 5) is 0. The molecule has 172 valence electrons. The fourth-order valence-electron chi connectivity index (χ4n) is 6.14. The normalized spacial score (nSPS) is 11.8. The quantitative estimate of drug-likeness (QED) is 0.222. The zero-order valence-electron chi connectivity index (χ0n) is 20.2. The van der Waals surface area contributed by atoms with Crippen molar-refractivity contribution in [2.75, 3.05) is 0 Å². The summed E-state index contributed by atoms with van der Waals surface area (Å²) >= 11 is 0. The molecule has 37 heavy (non-hydrogen) atoms. The van der Waals surface area contributed by atoms with Gasteiger partial charge in [-0.3, -0.25) is 0 Å². The first kappa shape index (κ1) is 20.3. The van der Waals surface area contributed by atoms with E-state index in [1.54, 1.807) is 0 Å². The van der Waals surface area contributed by atoms with Gasteiger partial charge in [0.2, 0.25) is 0 Å². The van der Waals surface area contributed by atoms with Gasteiger partial charge in [-0.15, -0.1) is 0 Å². The van der Waals surface area contributed by atoms with Gasteiger partial charge in [0.25, 0.3) is 0 Å². The van der Waals surface area contributed by atoms with Crippen LogP contribution in [0.15, 0.2) is 140 Å². The van der Waals surface area contributed by atoms with Gasteiger partial charge in [-0.25, -0.2) is 0 Å². The second-order valence-electron chi connectivity index (χ2n) is 9.74. The van der Waals surface area contributed by atoms with E-state index in [9.17, 15) is 0 Å². The summed E-state index contributed by atoms with van der Waals surface area (Å²) in [6, 6.07) is 50.7. The van der Waals surface area contributed by atoms with E-state index >= 15 is 0 Å². The van der Waals surface area contributed by atoms with Crippen LogP contribution in [0.25, 0.3) is 70.9 Å². The third kappa shape index (κ3) is 2.92. The first-order valence-electron chi connectivity index (χ1n) is 12.8. The van der Waals surface area contributed by atoms with Crippen LogP contribution in [-0.4, -0.2) is 4.57 Å². The van der Waals surface area contributed by atoms with Crippen LogP contribution in [0.5, 0.6) is 0 Å². The minimum Gasteiger partial charge on any atom is -0.309 e. The predicted molar refractivity (Wildman–Crippen MR) is 159 cm³/mol. The molecule has 0 atom stereocenters. The fourth-order valence-corrected chi connectivity index (χ4v) is 6.14. The second-order valence-corrected chi connectivity index (χ2v) is 9.74. The maximum Gasteiger partial charge on any atom is 0.0626 e. The van der Waals surface area contributed by atoms with Gasteiger partial charge in [0.15, 0.2) is 0 Å². The molecule has 8 aromatic rings. The molecule has 0 saturated heterocycles. The maximum absolute atomic E-state index is 2.46. The van der Waals surface area contributed by atoms with Gasteiger partial charge >= 0.3 is 0 Å². The van der Waals surface area contributed by atoms with Crippen LogP contribution in [0.2, 0.25) is 0 Å².